The molecule has 0 spiro atoms. The monoisotopic (exact) mass is 602 g/mol. The molecule has 0 aliphatic carbocycles. The molecule has 0 atom stereocenters. The maximum absolute atomic E-state index is 14.9. The van der Waals surface area contributed by atoms with E-state index in [2.05, 4.69) is 24.9 Å². The molecule has 0 radical (unpaired) electrons. The molecule has 1 aromatic heterocycles. The molecule has 40 heavy (non-hydrogen) atoms. The number of nitrogens with one attached hydrogen (secondary N) is 1. The first-order valence-electron chi connectivity index (χ1n) is 10.4. The predicted molar refractivity (Wildman–Crippen MR) is 121 cm³/mol. The topological polar surface area (TPSA) is 129 Å². The van der Waals surface area contributed by atoms with Crippen molar-refractivity contribution in [1.82, 2.24) is 14.4 Å². The predicted octanol–water partition coefficient (Wildman–Crippen LogP) is 4.11. The van der Waals surface area contributed by atoms with Crippen molar-refractivity contribution in [2.24, 2.45) is 0 Å². The summed E-state index contributed by atoms with van der Waals surface area (Å²) < 4.78 is 131. The van der Waals surface area contributed by atoms with Crippen molar-refractivity contribution in [2.45, 2.75) is 17.2 Å². The van der Waals surface area contributed by atoms with Gasteiger partial charge >= 0.3 is 18.3 Å². The number of ether oxygens (including phenoxy) is 3. The van der Waals surface area contributed by atoms with Crippen molar-refractivity contribution in [3.63, 3.8) is 0 Å². The van der Waals surface area contributed by atoms with Crippen LogP contribution in [0, 0.1) is 5.82 Å². The van der Waals surface area contributed by atoms with Gasteiger partial charge in [0.1, 0.15) is 40.1 Å². The molecule has 218 valence electrons. The number of sulfonamides is 1. The lowest BCUT2D eigenvalue weighted by Gasteiger charge is -2.20. The Hall–Kier alpha value is -4.13. The van der Waals surface area contributed by atoms with Crippen LogP contribution >= 0.6 is 0 Å². The minimum absolute atomic E-state index is 0.101. The Morgan fingerprint density at radius 3 is 2.25 bits per heavy atom. The quantitative estimate of drug-likeness (QED) is 0.282. The summed E-state index contributed by atoms with van der Waals surface area (Å²) in [6.45, 7) is -1.93. The molecule has 19 heteroatoms. The maximum Gasteiger partial charge on any atom is 0.492 e. The molecule has 2 aromatic carbocycles. The summed E-state index contributed by atoms with van der Waals surface area (Å²) in [6, 6.07) is 3.50. The standard InChI is InChI=1S/C21H17F7N4O7S/c1-32(39-19(33)21(26,27)28)40(34,35)16-7-12(14(6-11(16)22)38-8-20(23,24)25)31-18-17-13(29-9-30-18)4-10(36-2)5-15(17)37-3/h4-7,9H,8H2,1-3H3,(H,29,30,31). The number of benzene rings is 2. The van der Waals surface area contributed by atoms with Crippen LogP contribution in [-0.2, 0) is 19.7 Å². The van der Waals surface area contributed by atoms with Gasteiger partial charge in [0, 0.05) is 25.2 Å². The number of fused-ring (bicyclic) bond motifs is 1. The zero-order valence-electron chi connectivity index (χ0n) is 20.3. The van der Waals surface area contributed by atoms with Gasteiger partial charge in [0.15, 0.2) is 6.61 Å². The molecule has 11 nitrogen and oxygen atoms in total. The molecule has 1 N–H and O–H groups in total. The third-order valence-corrected chi connectivity index (χ3v) is 6.49. The highest BCUT2D eigenvalue weighted by Crippen LogP contribution is 2.39. The zero-order valence-corrected chi connectivity index (χ0v) is 21.2. The largest absolute Gasteiger partial charge is 0.497 e. The van der Waals surface area contributed by atoms with Crippen LogP contribution in [0.4, 0.5) is 42.2 Å². The molecule has 3 rings (SSSR count). The molecule has 0 fully saturated rings. The first kappa shape index (κ1) is 30.4. The number of nitrogens with zero attached hydrogens (tertiary/aromatic N) is 3. The average molecular weight is 602 g/mol. The summed E-state index contributed by atoms with van der Waals surface area (Å²) in [5, 5.41) is 2.63. The van der Waals surface area contributed by atoms with Gasteiger partial charge in [-0.3, -0.25) is 0 Å². The summed E-state index contributed by atoms with van der Waals surface area (Å²) >= 11 is 0. The summed E-state index contributed by atoms with van der Waals surface area (Å²) in [7, 11) is -2.35. The number of carbonyl (C=O) groups is 1. The molecule has 0 aliphatic rings. The number of rotatable bonds is 9. The normalized spacial score (nSPS) is 12.4. The van der Waals surface area contributed by atoms with E-state index >= 15 is 0 Å². The number of carbonyl (C=O) groups excluding carboxylic acids is 1. The molecule has 0 saturated carbocycles. The molecule has 3 aromatic rings. The third kappa shape index (κ3) is 6.71. The Balaban J connectivity index is 2.16. The van der Waals surface area contributed by atoms with Crippen LogP contribution in [0.2, 0.25) is 0 Å². The molecule has 0 saturated heterocycles. The van der Waals surface area contributed by atoms with Gasteiger partial charge in [0.2, 0.25) is 0 Å². The van der Waals surface area contributed by atoms with Gasteiger partial charge in [-0.25, -0.2) is 27.6 Å². The molecule has 1 heterocycles. The van der Waals surface area contributed by atoms with E-state index in [0.29, 0.717) is 18.9 Å². The van der Waals surface area contributed by atoms with Crippen LogP contribution in [0.3, 0.4) is 0 Å². The van der Waals surface area contributed by atoms with Crippen molar-refractivity contribution >= 4 is 38.4 Å². The second-order valence-corrected chi connectivity index (χ2v) is 9.45. The van der Waals surface area contributed by atoms with Crippen molar-refractivity contribution in [3.8, 4) is 17.2 Å². The lowest BCUT2D eigenvalue weighted by molar-refractivity contribution is -0.219. The first-order valence-corrected chi connectivity index (χ1v) is 11.9. The van der Waals surface area contributed by atoms with Gasteiger partial charge in [-0.15, -0.1) is 0 Å². The minimum Gasteiger partial charge on any atom is -0.497 e. The van der Waals surface area contributed by atoms with E-state index < -0.39 is 61.6 Å². The van der Waals surface area contributed by atoms with Crippen molar-refractivity contribution in [2.75, 3.05) is 33.2 Å². The highest BCUT2D eigenvalue weighted by Gasteiger charge is 2.44. The van der Waals surface area contributed by atoms with Crippen LogP contribution in [0.1, 0.15) is 0 Å². The number of hydrogen-bond acceptors (Lipinski definition) is 10. The van der Waals surface area contributed by atoms with Crippen molar-refractivity contribution in [1.29, 1.82) is 0 Å². The Morgan fingerprint density at radius 2 is 1.68 bits per heavy atom. The number of hydrogen-bond donors (Lipinski definition) is 1. The highest BCUT2D eigenvalue weighted by atomic mass is 32.2. The Bertz CT molecular complexity index is 1530. The van der Waals surface area contributed by atoms with E-state index in [1.807, 2.05) is 0 Å². The summed E-state index contributed by atoms with van der Waals surface area (Å²) in [5.74, 6) is -5.32. The number of methoxy groups -OCH3 is 2. The first-order chi connectivity index (χ1) is 18.5. The third-order valence-electron chi connectivity index (χ3n) is 4.87. The SMILES string of the molecule is COc1cc(OC)c2c(Nc3cc(S(=O)(=O)N(C)OC(=O)C(F)(F)F)c(F)cc3OCC(F)(F)F)ncnc2c1. The fourth-order valence-electron chi connectivity index (χ4n) is 3.10. The van der Waals surface area contributed by atoms with Crippen LogP contribution in [0.15, 0.2) is 35.5 Å². The second-order valence-electron chi connectivity index (χ2n) is 7.54. The molecule has 0 amide bonds. The van der Waals surface area contributed by atoms with E-state index in [1.54, 1.807) is 0 Å². The van der Waals surface area contributed by atoms with Gasteiger partial charge in [-0.05, 0) is 10.5 Å². The van der Waals surface area contributed by atoms with Gasteiger partial charge in [0.25, 0.3) is 10.0 Å². The fourth-order valence-corrected chi connectivity index (χ4v) is 4.11. The minimum atomic E-state index is -5.60. The Kier molecular flexibility index (Phi) is 8.48. The van der Waals surface area contributed by atoms with Crippen molar-refractivity contribution < 1.29 is 63.0 Å². The van der Waals surface area contributed by atoms with E-state index in [4.69, 9.17) is 9.47 Å². The maximum atomic E-state index is 14.9. The van der Waals surface area contributed by atoms with E-state index in [0.717, 1.165) is 6.33 Å². The molecular formula is C21H17F7N4O7S. The summed E-state index contributed by atoms with van der Waals surface area (Å²) in [6.07, 6.45) is -9.47. The number of halogens is 7. The summed E-state index contributed by atoms with van der Waals surface area (Å²) in [4.78, 5) is 21.4. The molecule has 0 aliphatic heterocycles. The number of aromatic nitrogens is 2. The summed E-state index contributed by atoms with van der Waals surface area (Å²) in [5.41, 5.74) is -0.433. The van der Waals surface area contributed by atoms with Crippen LogP contribution in [0.5, 0.6) is 17.2 Å². The molecular weight excluding hydrogens is 585 g/mol. The number of alkyl halides is 6. The van der Waals surface area contributed by atoms with E-state index in [9.17, 15) is 43.9 Å². The van der Waals surface area contributed by atoms with E-state index in [1.165, 1.54) is 26.4 Å². The molecule has 0 unspecified atom stereocenters. The lowest BCUT2D eigenvalue weighted by atomic mass is 10.2. The van der Waals surface area contributed by atoms with Crippen molar-refractivity contribution in [3.05, 3.63) is 36.4 Å². The second kappa shape index (κ2) is 11.2. The number of anilines is 2. The molecule has 0 bridgehead atoms. The van der Waals surface area contributed by atoms with Crippen LogP contribution in [0.25, 0.3) is 10.9 Å². The fraction of sp³-hybridized carbons (Fsp3) is 0.286. The Labute approximate surface area is 220 Å². The lowest BCUT2D eigenvalue weighted by Crippen LogP contribution is -2.36. The van der Waals surface area contributed by atoms with Crippen LogP contribution in [-0.4, -0.2) is 69.1 Å². The highest BCUT2D eigenvalue weighted by molar-refractivity contribution is 7.89. The van der Waals surface area contributed by atoms with Gasteiger partial charge in [-0.2, -0.15) is 26.3 Å². The average Bonchev–Trinajstić information content (AvgIpc) is 2.86. The van der Waals surface area contributed by atoms with Crippen LogP contribution < -0.4 is 19.5 Å². The smallest absolute Gasteiger partial charge is 0.492 e. The number of hydroxylamine groups is 1. The van der Waals surface area contributed by atoms with E-state index in [-0.39, 0.29) is 28.5 Å². The van der Waals surface area contributed by atoms with Gasteiger partial charge in [0.05, 0.1) is 30.8 Å². The Morgan fingerprint density at radius 1 is 1.00 bits per heavy atom. The van der Waals surface area contributed by atoms with Gasteiger partial charge < -0.3 is 24.4 Å². The van der Waals surface area contributed by atoms with Gasteiger partial charge in [-0.1, -0.05) is 0 Å². The zero-order chi connectivity index (χ0) is 30.0.